The van der Waals surface area contributed by atoms with Crippen LogP contribution in [0.15, 0.2) is 11.1 Å². The fraction of sp³-hybridized carbons (Fsp3) is 0.500. The highest BCUT2D eigenvalue weighted by Gasteiger charge is 2.55. The molecule has 2 saturated heterocycles. The van der Waals surface area contributed by atoms with Crippen LogP contribution in [-0.2, 0) is 9.59 Å². The van der Waals surface area contributed by atoms with Crippen molar-refractivity contribution in [1.29, 1.82) is 0 Å². The molecule has 0 aromatic carbocycles. The summed E-state index contributed by atoms with van der Waals surface area (Å²) in [6.07, 6.45) is 0. The van der Waals surface area contributed by atoms with Crippen molar-refractivity contribution in [2.45, 2.75) is 16.4 Å². The summed E-state index contributed by atoms with van der Waals surface area (Å²) in [6, 6.07) is 1.07. The number of hydrogen-bond acceptors (Lipinski definition) is 10. The quantitative estimate of drug-likeness (QED) is 0.416. The molecule has 25 heavy (non-hydrogen) atoms. The number of fused-ring (bicyclic) bond motifs is 2. The van der Waals surface area contributed by atoms with Crippen molar-refractivity contribution < 1.29 is 14.7 Å². The van der Waals surface area contributed by atoms with Crippen LogP contribution in [0.2, 0.25) is 0 Å². The van der Waals surface area contributed by atoms with Gasteiger partial charge in [0.1, 0.15) is 21.9 Å². The molecule has 0 bridgehead atoms. The molecule has 13 heteroatoms. The molecule has 2 fully saturated rings. The average Bonchev–Trinajstić information content (AvgIpc) is 3.08. The Hall–Kier alpha value is -2.12. The summed E-state index contributed by atoms with van der Waals surface area (Å²) in [5.74, 6) is -0.540. The second kappa shape index (κ2) is 5.71. The van der Waals surface area contributed by atoms with Gasteiger partial charge in [-0.3, -0.25) is 9.59 Å². The van der Waals surface area contributed by atoms with E-state index in [4.69, 9.17) is 11.5 Å². The standard InChI is InChI=1S/C12H14N8O3S2/c13-5-1-6(16-20-8(5)15-17-18-20)24-3-12(11(22)23)2-19-9(21)7(14)10(19)25-4-12/h1,7,10H,2-4,13-14H2,(H,22,23)/t7?,10-,12?/m1/s1. The van der Waals surface area contributed by atoms with Crippen LogP contribution in [0.4, 0.5) is 5.69 Å². The smallest absolute Gasteiger partial charge is 0.313 e. The highest BCUT2D eigenvalue weighted by Crippen LogP contribution is 2.43. The molecule has 11 nitrogen and oxygen atoms in total. The minimum atomic E-state index is -1.08. The van der Waals surface area contributed by atoms with Gasteiger partial charge in [0, 0.05) is 18.1 Å². The Bertz CT molecular complexity index is 875. The summed E-state index contributed by atoms with van der Waals surface area (Å²) in [4.78, 5) is 25.3. The number of β-lactam (4-membered cyclic amide) rings is 1. The summed E-state index contributed by atoms with van der Waals surface area (Å²) in [7, 11) is 0. The van der Waals surface area contributed by atoms with Crippen molar-refractivity contribution in [2.75, 3.05) is 23.8 Å². The van der Waals surface area contributed by atoms with Crippen molar-refractivity contribution in [3.63, 3.8) is 0 Å². The lowest BCUT2D eigenvalue weighted by atomic mass is 9.89. The Morgan fingerprint density at radius 3 is 3.12 bits per heavy atom. The average molecular weight is 382 g/mol. The number of carbonyl (C=O) groups is 2. The van der Waals surface area contributed by atoms with Gasteiger partial charge >= 0.3 is 5.97 Å². The van der Waals surface area contributed by atoms with E-state index in [9.17, 15) is 14.7 Å². The number of aromatic nitrogens is 5. The van der Waals surface area contributed by atoms with Gasteiger partial charge in [-0.2, -0.15) is 0 Å². The number of anilines is 1. The van der Waals surface area contributed by atoms with E-state index in [1.54, 1.807) is 11.0 Å². The van der Waals surface area contributed by atoms with E-state index in [1.807, 2.05) is 0 Å². The van der Waals surface area contributed by atoms with Gasteiger partial charge in [-0.05, 0) is 16.5 Å². The lowest BCUT2D eigenvalue weighted by Crippen LogP contribution is -2.72. The fourth-order valence-corrected chi connectivity index (χ4v) is 5.54. The maximum atomic E-state index is 11.9. The first-order chi connectivity index (χ1) is 11.9. The molecular weight excluding hydrogens is 368 g/mol. The molecule has 4 rings (SSSR count). The van der Waals surface area contributed by atoms with Gasteiger partial charge in [-0.1, -0.05) is 0 Å². The molecule has 2 unspecified atom stereocenters. The second-order valence-electron chi connectivity index (χ2n) is 6.00. The van der Waals surface area contributed by atoms with E-state index in [2.05, 4.69) is 20.6 Å². The number of carbonyl (C=O) groups excluding carboxylic acids is 1. The third-order valence-electron chi connectivity index (χ3n) is 4.32. The number of nitrogen functional groups attached to an aromatic ring is 1. The van der Waals surface area contributed by atoms with Gasteiger partial charge in [-0.25, -0.2) is 0 Å². The van der Waals surface area contributed by atoms with Crippen molar-refractivity contribution in [1.82, 2.24) is 30.2 Å². The molecular formula is C12H14N8O3S2. The number of thioether (sulfide) groups is 2. The van der Waals surface area contributed by atoms with Gasteiger partial charge in [0.25, 0.3) is 0 Å². The van der Waals surface area contributed by atoms with Crippen LogP contribution in [0.3, 0.4) is 0 Å². The summed E-state index contributed by atoms with van der Waals surface area (Å²) < 4.78 is 1.20. The fourth-order valence-electron chi connectivity index (χ4n) is 2.83. The zero-order valence-electron chi connectivity index (χ0n) is 12.8. The molecule has 4 heterocycles. The van der Waals surface area contributed by atoms with Crippen LogP contribution in [0.25, 0.3) is 5.65 Å². The molecule has 2 aliphatic heterocycles. The zero-order chi connectivity index (χ0) is 17.8. The van der Waals surface area contributed by atoms with Crippen molar-refractivity contribution >= 4 is 46.7 Å². The molecule has 3 atom stereocenters. The summed E-state index contributed by atoms with van der Waals surface area (Å²) >= 11 is 2.65. The molecule has 0 saturated carbocycles. The van der Waals surface area contributed by atoms with E-state index in [0.29, 0.717) is 22.1 Å². The Balaban J connectivity index is 1.54. The van der Waals surface area contributed by atoms with Gasteiger partial charge in [0.2, 0.25) is 11.6 Å². The Morgan fingerprint density at radius 1 is 1.56 bits per heavy atom. The highest BCUT2D eigenvalue weighted by atomic mass is 32.2. The monoisotopic (exact) mass is 382 g/mol. The molecule has 0 aliphatic carbocycles. The van der Waals surface area contributed by atoms with Gasteiger partial charge in [0.15, 0.2) is 0 Å². The van der Waals surface area contributed by atoms with Gasteiger partial charge < -0.3 is 21.5 Å². The lowest BCUT2D eigenvalue weighted by molar-refractivity contribution is -0.155. The molecule has 5 N–H and O–H groups in total. The molecule has 132 valence electrons. The second-order valence-corrected chi connectivity index (χ2v) is 8.10. The number of tetrazole rings is 1. The third kappa shape index (κ3) is 2.49. The minimum Gasteiger partial charge on any atom is -0.481 e. The van der Waals surface area contributed by atoms with Crippen LogP contribution < -0.4 is 11.5 Å². The molecule has 2 aromatic rings. The van der Waals surface area contributed by atoms with E-state index >= 15 is 0 Å². The normalized spacial score (nSPS) is 28.7. The van der Waals surface area contributed by atoms with Crippen molar-refractivity contribution in [3.05, 3.63) is 6.07 Å². The van der Waals surface area contributed by atoms with E-state index < -0.39 is 17.4 Å². The predicted molar refractivity (Wildman–Crippen MR) is 89.7 cm³/mol. The zero-order valence-corrected chi connectivity index (χ0v) is 14.4. The maximum absolute atomic E-state index is 11.9. The Labute approximate surface area is 149 Å². The number of carboxylic acids is 1. The van der Waals surface area contributed by atoms with Gasteiger partial charge in [-0.15, -0.1) is 38.4 Å². The first kappa shape index (κ1) is 16.4. The van der Waals surface area contributed by atoms with Crippen LogP contribution in [0.5, 0.6) is 0 Å². The molecule has 0 spiro atoms. The first-order valence-corrected chi connectivity index (χ1v) is 9.33. The number of amides is 1. The van der Waals surface area contributed by atoms with E-state index in [-0.39, 0.29) is 23.6 Å². The summed E-state index contributed by atoms with van der Waals surface area (Å²) in [6.45, 7) is 0.141. The number of nitrogens with zero attached hydrogens (tertiary/aromatic N) is 6. The number of rotatable bonds is 4. The maximum Gasteiger partial charge on any atom is 0.313 e. The molecule has 1 amide bonds. The topological polar surface area (TPSA) is 166 Å². The summed E-state index contributed by atoms with van der Waals surface area (Å²) in [5.41, 5.74) is 11.3. The van der Waals surface area contributed by atoms with Gasteiger partial charge in [0.05, 0.1) is 5.69 Å². The number of hydrogen-bond donors (Lipinski definition) is 3. The molecule has 2 aliphatic rings. The highest BCUT2D eigenvalue weighted by molar-refractivity contribution is 8.00. The number of carboxylic acid groups (broad SMARTS) is 1. The van der Waals surface area contributed by atoms with Crippen LogP contribution in [0, 0.1) is 5.41 Å². The first-order valence-electron chi connectivity index (χ1n) is 7.30. The largest absolute Gasteiger partial charge is 0.481 e. The Morgan fingerprint density at radius 2 is 2.36 bits per heavy atom. The van der Waals surface area contributed by atoms with Crippen LogP contribution in [0.1, 0.15) is 0 Å². The van der Waals surface area contributed by atoms with E-state index in [1.165, 1.54) is 28.2 Å². The number of aliphatic carboxylic acids is 1. The number of nitrogens with two attached hydrogens (primary N) is 2. The van der Waals surface area contributed by atoms with E-state index in [0.717, 1.165) is 0 Å². The van der Waals surface area contributed by atoms with Crippen molar-refractivity contribution in [2.24, 2.45) is 11.1 Å². The van der Waals surface area contributed by atoms with Crippen molar-refractivity contribution in [3.8, 4) is 0 Å². The third-order valence-corrected chi connectivity index (χ3v) is 7.12. The predicted octanol–water partition coefficient (Wildman–Crippen LogP) is -1.49. The minimum absolute atomic E-state index is 0.128. The molecule has 0 radical (unpaired) electrons. The summed E-state index contributed by atoms with van der Waals surface area (Å²) in [5, 5.41) is 25.3. The Kier molecular flexibility index (Phi) is 3.73. The van der Waals surface area contributed by atoms with Crippen LogP contribution in [-0.4, -0.2) is 76.6 Å². The molecule has 2 aromatic heterocycles. The van der Waals surface area contributed by atoms with Crippen LogP contribution >= 0.6 is 23.5 Å². The SMILES string of the molecule is Nc1cc(SCC2(C(=O)O)CS[C@@H]3C(N)C(=O)N3C2)nn2nnnc12. The lowest BCUT2D eigenvalue weighted by Gasteiger charge is -2.52.